The maximum Gasteiger partial charge on any atom is 0.220 e. The number of primary amides is 1. The number of pyridine rings is 1. The monoisotopic (exact) mass is 164 g/mol. The first kappa shape index (κ1) is 8.71. The van der Waals surface area contributed by atoms with Crippen LogP contribution in [0.2, 0.25) is 0 Å². The van der Waals surface area contributed by atoms with E-state index < -0.39 is 0 Å². The molecule has 64 valence electrons. The van der Waals surface area contributed by atoms with Crippen LogP contribution >= 0.6 is 0 Å². The van der Waals surface area contributed by atoms with Gasteiger partial charge in [0.2, 0.25) is 5.91 Å². The summed E-state index contributed by atoms with van der Waals surface area (Å²) in [6, 6.07) is 5.72. The molecule has 0 radical (unpaired) electrons. The van der Waals surface area contributed by atoms with E-state index in [1.807, 2.05) is 18.2 Å². The van der Waals surface area contributed by atoms with E-state index in [1.54, 1.807) is 12.4 Å². The van der Waals surface area contributed by atoms with E-state index >= 15 is 0 Å². The third-order valence-corrected chi connectivity index (χ3v) is 1.55. The molecule has 0 aromatic carbocycles. The summed E-state index contributed by atoms with van der Waals surface area (Å²) in [5.41, 5.74) is 4.86. The lowest BCUT2D eigenvalue weighted by atomic mass is 10.4. The lowest BCUT2D eigenvalue weighted by Gasteiger charge is -1.77. The minimum atomic E-state index is -0.130. The number of nitrogens with two attached hydrogens (primary N) is 1. The third kappa shape index (κ3) is 3.71. The average molecular weight is 164 g/mol. The van der Waals surface area contributed by atoms with Gasteiger partial charge in [0.1, 0.15) is 0 Å². The number of rotatable bonds is 1. The van der Waals surface area contributed by atoms with Crippen molar-refractivity contribution in [2.75, 3.05) is 0 Å². The van der Waals surface area contributed by atoms with Crippen LogP contribution in [-0.2, 0) is 4.79 Å². The first-order chi connectivity index (χ1) is 5.80. The molecule has 0 atom stereocenters. The fourth-order valence-corrected chi connectivity index (χ4v) is 0.680. The van der Waals surface area contributed by atoms with Gasteiger partial charge in [-0.2, -0.15) is 0 Å². The predicted octanol–water partition coefficient (Wildman–Crippen LogP) is 0.963. The minimum Gasteiger partial charge on any atom is -0.369 e. The van der Waals surface area contributed by atoms with Crippen LogP contribution in [0.15, 0.2) is 30.6 Å². The Morgan fingerprint density at radius 3 is 1.92 bits per heavy atom. The number of hydrogen-bond donors (Lipinski definition) is 1. The molecule has 0 saturated heterocycles. The molecule has 0 bridgehead atoms. The Kier molecular flexibility index (Phi) is 3.26. The summed E-state index contributed by atoms with van der Waals surface area (Å²) >= 11 is 0. The fraction of sp³-hybridized carbons (Fsp3) is 0.333. The van der Waals surface area contributed by atoms with Crippen molar-refractivity contribution >= 4 is 5.91 Å². The molecule has 1 aliphatic carbocycles. The number of carbonyl (C=O) groups excluding carboxylic acids is 1. The summed E-state index contributed by atoms with van der Waals surface area (Å²) in [6.45, 7) is 0. The number of aromatic nitrogens is 1. The molecule has 3 nitrogen and oxygen atoms in total. The van der Waals surface area contributed by atoms with E-state index in [1.165, 1.54) is 0 Å². The summed E-state index contributed by atoms with van der Waals surface area (Å²) in [6.07, 6.45) is 5.55. The van der Waals surface area contributed by atoms with Crippen molar-refractivity contribution in [2.24, 2.45) is 11.7 Å². The van der Waals surface area contributed by atoms with E-state index in [9.17, 15) is 4.79 Å². The number of amides is 1. The van der Waals surface area contributed by atoms with Crippen LogP contribution in [0.25, 0.3) is 0 Å². The molecule has 2 rings (SSSR count). The quantitative estimate of drug-likeness (QED) is 0.672. The molecule has 1 aromatic rings. The van der Waals surface area contributed by atoms with Crippen molar-refractivity contribution in [2.45, 2.75) is 12.8 Å². The summed E-state index contributed by atoms with van der Waals surface area (Å²) in [4.78, 5) is 13.8. The highest BCUT2D eigenvalue weighted by Gasteiger charge is 2.26. The molecule has 1 amide bonds. The topological polar surface area (TPSA) is 56.0 Å². The van der Waals surface area contributed by atoms with Crippen LogP contribution in [0.1, 0.15) is 12.8 Å². The third-order valence-electron chi connectivity index (χ3n) is 1.55. The maximum atomic E-state index is 9.98. The molecule has 2 N–H and O–H groups in total. The minimum absolute atomic E-state index is 0.130. The van der Waals surface area contributed by atoms with Crippen molar-refractivity contribution in [3.63, 3.8) is 0 Å². The molecule has 1 aliphatic rings. The van der Waals surface area contributed by atoms with Gasteiger partial charge in [-0.1, -0.05) is 6.07 Å². The molecule has 1 aromatic heterocycles. The summed E-state index contributed by atoms with van der Waals surface area (Å²) < 4.78 is 0. The van der Waals surface area contributed by atoms with Crippen LogP contribution in [0.4, 0.5) is 0 Å². The number of hydrogen-bond acceptors (Lipinski definition) is 2. The van der Waals surface area contributed by atoms with Gasteiger partial charge in [0.15, 0.2) is 0 Å². The van der Waals surface area contributed by atoms with Gasteiger partial charge in [-0.15, -0.1) is 0 Å². The Labute approximate surface area is 71.6 Å². The molecule has 0 spiro atoms. The van der Waals surface area contributed by atoms with Gasteiger partial charge < -0.3 is 5.73 Å². The highest BCUT2D eigenvalue weighted by molar-refractivity contribution is 5.78. The second kappa shape index (κ2) is 4.49. The molecular formula is C9H12N2O. The van der Waals surface area contributed by atoms with Gasteiger partial charge in [-0.3, -0.25) is 9.78 Å². The molecule has 12 heavy (non-hydrogen) atoms. The predicted molar refractivity (Wildman–Crippen MR) is 46.2 cm³/mol. The molecular weight excluding hydrogens is 152 g/mol. The van der Waals surface area contributed by atoms with Crippen molar-refractivity contribution in [3.05, 3.63) is 30.6 Å². The van der Waals surface area contributed by atoms with Gasteiger partial charge in [0, 0.05) is 18.3 Å². The zero-order valence-corrected chi connectivity index (χ0v) is 6.81. The molecule has 1 fully saturated rings. The average Bonchev–Trinajstić information content (AvgIpc) is 2.90. The second-order valence-corrected chi connectivity index (χ2v) is 2.70. The van der Waals surface area contributed by atoms with Gasteiger partial charge in [0.25, 0.3) is 0 Å². The highest BCUT2D eigenvalue weighted by atomic mass is 16.1. The lowest BCUT2D eigenvalue weighted by Crippen LogP contribution is -2.11. The van der Waals surface area contributed by atoms with E-state index in [4.69, 9.17) is 5.73 Å². The molecule has 0 aliphatic heterocycles. The standard InChI is InChI=1S/C5H5N.C4H7NO/c1-2-4-6-5-3-1;5-4(6)3-1-2-3/h1-5H;3H,1-2H2,(H2,5,6). The second-order valence-electron chi connectivity index (χ2n) is 2.70. The van der Waals surface area contributed by atoms with E-state index in [-0.39, 0.29) is 11.8 Å². The maximum absolute atomic E-state index is 9.98. The Balaban J connectivity index is 0.000000120. The van der Waals surface area contributed by atoms with E-state index in [0.29, 0.717) is 0 Å². The smallest absolute Gasteiger partial charge is 0.220 e. The zero-order valence-electron chi connectivity index (χ0n) is 6.81. The lowest BCUT2D eigenvalue weighted by molar-refractivity contribution is -0.119. The van der Waals surface area contributed by atoms with Crippen molar-refractivity contribution in [3.8, 4) is 0 Å². The van der Waals surface area contributed by atoms with Crippen LogP contribution in [0, 0.1) is 5.92 Å². The Bertz CT molecular complexity index is 205. The Hall–Kier alpha value is -1.38. The van der Waals surface area contributed by atoms with Gasteiger partial charge in [-0.25, -0.2) is 0 Å². The Morgan fingerprint density at radius 1 is 1.25 bits per heavy atom. The first-order valence-corrected chi connectivity index (χ1v) is 3.95. The van der Waals surface area contributed by atoms with Crippen LogP contribution in [0.3, 0.4) is 0 Å². The largest absolute Gasteiger partial charge is 0.369 e. The molecule has 3 heteroatoms. The number of nitrogens with zero attached hydrogens (tertiary/aromatic N) is 1. The van der Waals surface area contributed by atoms with Gasteiger partial charge in [0.05, 0.1) is 0 Å². The summed E-state index contributed by atoms with van der Waals surface area (Å²) in [5, 5.41) is 0. The summed E-state index contributed by atoms with van der Waals surface area (Å²) in [5.74, 6) is 0.111. The summed E-state index contributed by atoms with van der Waals surface area (Å²) in [7, 11) is 0. The normalized spacial score (nSPS) is 14.3. The van der Waals surface area contributed by atoms with Crippen molar-refractivity contribution < 1.29 is 4.79 Å². The van der Waals surface area contributed by atoms with Gasteiger partial charge >= 0.3 is 0 Å². The SMILES string of the molecule is NC(=O)C1CC1.c1ccncc1. The molecule has 1 saturated carbocycles. The van der Waals surface area contributed by atoms with Crippen molar-refractivity contribution in [1.82, 2.24) is 4.98 Å². The molecule has 1 heterocycles. The van der Waals surface area contributed by atoms with E-state index in [0.717, 1.165) is 12.8 Å². The van der Waals surface area contributed by atoms with Crippen LogP contribution in [0.5, 0.6) is 0 Å². The van der Waals surface area contributed by atoms with E-state index in [2.05, 4.69) is 4.98 Å². The van der Waals surface area contributed by atoms with Gasteiger partial charge in [-0.05, 0) is 25.0 Å². The zero-order chi connectivity index (χ0) is 8.81. The number of carbonyl (C=O) groups is 1. The van der Waals surface area contributed by atoms with Crippen LogP contribution < -0.4 is 5.73 Å². The van der Waals surface area contributed by atoms with Crippen molar-refractivity contribution in [1.29, 1.82) is 0 Å². The fourth-order valence-electron chi connectivity index (χ4n) is 0.680. The Morgan fingerprint density at radius 2 is 1.83 bits per heavy atom. The van der Waals surface area contributed by atoms with Crippen LogP contribution in [-0.4, -0.2) is 10.9 Å². The molecule has 0 unspecified atom stereocenters. The highest BCUT2D eigenvalue weighted by Crippen LogP contribution is 2.27. The first-order valence-electron chi connectivity index (χ1n) is 3.95.